The summed E-state index contributed by atoms with van der Waals surface area (Å²) in [6.07, 6.45) is 0.377. The van der Waals surface area contributed by atoms with Crippen LogP contribution in [0.5, 0.6) is 11.5 Å². The lowest BCUT2D eigenvalue weighted by Crippen LogP contribution is -2.55. The van der Waals surface area contributed by atoms with Crippen LogP contribution in [-0.2, 0) is 22.6 Å². The van der Waals surface area contributed by atoms with Gasteiger partial charge in [0.2, 0.25) is 5.91 Å². The van der Waals surface area contributed by atoms with Crippen LogP contribution in [0.25, 0.3) is 0 Å². The molecule has 1 atom stereocenters. The Hall–Kier alpha value is -3.80. The quantitative estimate of drug-likeness (QED) is 0.411. The lowest BCUT2D eigenvalue weighted by atomic mass is 10.0. The van der Waals surface area contributed by atoms with Gasteiger partial charge >= 0.3 is 0 Å². The zero-order chi connectivity index (χ0) is 27.0. The summed E-state index contributed by atoms with van der Waals surface area (Å²) >= 11 is 0. The molecule has 0 heterocycles. The van der Waals surface area contributed by atoms with Crippen molar-refractivity contribution in [2.24, 2.45) is 0 Å². The normalized spacial score (nSPS) is 11.9. The zero-order valence-electron chi connectivity index (χ0n) is 22.7. The fourth-order valence-corrected chi connectivity index (χ4v) is 4.08. The van der Waals surface area contributed by atoms with Crippen LogP contribution < -0.4 is 14.8 Å². The number of carbonyl (C=O) groups excluding carboxylic acids is 2. The zero-order valence-corrected chi connectivity index (χ0v) is 22.7. The molecular formula is C31H38N2O4. The Labute approximate surface area is 220 Å². The summed E-state index contributed by atoms with van der Waals surface area (Å²) in [5.41, 5.74) is 3.45. The molecule has 37 heavy (non-hydrogen) atoms. The second-order valence-corrected chi connectivity index (χ2v) is 10.3. The molecule has 3 aromatic rings. The van der Waals surface area contributed by atoms with Crippen LogP contribution in [-0.4, -0.2) is 42.0 Å². The summed E-state index contributed by atoms with van der Waals surface area (Å²) in [6.45, 7) is 9.83. The molecule has 0 unspecified atom stereocenters. The average molecular weight is 503 g/mol. The highest BCUT2D eigenvalue weighted by Crippen LogP contribution is 2.22. The number of aryl methyl sites for hydroxylation is 1. The van der Waals surface area contributed by atoms with Crippen molar-refractivity contribution in [1.29, 1.82) is 0 Å². The number of nitrogens with zero attached hydrogens (tertiary/aromatic N) is 1. The van der Waals surface area contributed by atoms with Gasteiger partial charge in [-0.2, -0.15) is 0 Å². The van der Waals surface area contributed by atoms with Crippen LogP contribution in [0.1, 0.15) is 43.0 Å². The molecule has 0 bridgehead atoms. The van der Waals surface area contributed by atoms with Gasteiger partial charge in [0, 0.05) is 18.5 Å². The third-order valence-corrected chi connectivity index (χ3v) is 6.16. The molecule has 0 aromatic heterocycles. The van der Waals surface area contributed by atoms with Crippen LogP contribution >= 0.6 is 0 Å². The van der Waals surface area contributed by atoms with E-state index in [9.17, 15) is 9.59 Å². The van der Waals surface area contributed by atoms with E-state index in [-0.39, 0.29) is 25.0 Å². The Morgan fingerprint density at radius 3 is 2.27 bits per heavy atom. The Kier molecular flexibility index (Phi) is 9.34. The molecule has 0 aliphatic carbocycles. The summed E-state index contributed by atoms with van der Waals surface area (Å²) in [7, 11) is 1.61. The molecule has 0 saturated carbocycles. The van der Waals surface area contributed by atoms with Crippen molar-refractivity contribution in [3.63, 3.8) is 0 Å². The van der Waals surface area contributed by atoms with Crippen molar-refractivity contribution in [3.8, 4) is 11.5 Å². The number of nitrogens with one attached hydrogen (secondary N) is 1. The Balaban J connectivity index is 1.96. The topological polar surface area (TPSA) is 67.9 Å². The number of rotatable bonds is 10. The van der Waals surface area contributed by atoms with Gasteiger partial charge in [0.15, 0.2) is 6.61 Å². The Bertz CT molecular complexity index is 1200. The molecular weight excluding hydrogens is 464 g/mol. The van der Waals surface area contributed by atoms with E-state index in [2.05, 4.69) is 5.32 Å². The van der Waals surface area contributed by atoms with E-state index in [1.54, 1.807) is 12.0 Å². The highest BCUT2D eigenvalue weighted by atomic mass is 16.5. The summed E-state index contributed by atoms with van der Waals surface area (Å²) in [5.74, 6) is 0.872. The number of carbonyl (C=O) groups is 2. The second-order valence-electron chi connectivity index (χ2n) is 10.3. The number of ether oxygens (including phenoxy) is 2. The first-order valence-corrected chi connectivity index (χ1v) is 12.5. The molecule has 0 aliphatic rings. The maximum atomic E-state index is 13.8. The fourth-order valence-electron chi connectivity index (χ4n) is 4.08. The molecule has 3 rings (SSSR count). The second kappa shape index (κ2) is 12.4. The van der Waals surface area contributed by atoms with Crippen LogP contribution in [0.3, 0.4) is 0 Å². The average Bonchev–Trinajstić information content (AvgIpc) is 2.86. The van der Waals surface area contributed by atoms with Crippen LogP contribution in [0.2, 0.25) is 0 Å². The monoisotopic (exact) mass is 502 g/mol. The smallest absolute Gasteiger partial charge is 0.261 e. The van der Waals surface area contributed by atoms with Gasteiger partial charge in [-0.1, -0.05) is 54.6 Å². The summed E-state index contributed by atoms with van der Waals surface area (Å²) < 4.78 is 11.4. The molecule has 0 radical (unpaired) electrons. The molecule has 2 amide bonds. The summed E-state index contributed by atoms with van der Waals surface area (Å²) in [4.78, 5) is 29.0. The number of methoxy groups -OCH3 is 1. The van der Waals surface area contributed by atoms with Gasteiger partial charge in [0.1, 0.15) is 17.5 Å². The van der Waals surface area contributed by atoms with E-state index in [1.165, 1.54) is 0 Å². The molecule has 3 aromatic carbocycles. The van der Waals surface area contributed by atoms with Crippen molar-refractivity contribution in [2.75, 3.05) is 13.7 Å². The van der Waals surface area contributed by atoms with E-state index >= 15 is 0 Å². The first-order valence-electron chi connectivity index (χ1n) is 12.5. The third kappa shape index (κ3) is 8.10. The van der Waals surface area contributed by atoms with Gasteiger partial charge in [-0.05, 0) is 75.1 Å². The maximum Gasteiger partial charge on any atom is 0.261 e. The van der Waals surface area contributed by atoms with Crippen molar-refractivity contribution >= 4 is 11.8 Å². The molecule has 1 N–H and O–H groups in total. The standard InChI is InChI=1S/C31H38N2O4/c1-22-12-10-17-28(23(22)2)37-21-29(34)33(20-25-15-11-16-26(18-25)36-6)27(30(35)32-31(3,4)5)19-24-13-8-7-9-14-24/h7-18,27H,19-21H2,1-6H3,(H,32,35)/t27-/m0/s1. The number of hydrogen-bond donors (Lipinski definition) is 1. The van der Waals surface area contributed by atoms with Crippen LogP contribution in [0.4, 0.5) is 0 Å². The molecule has 6 nitrogen and oxygen atoms in total. The molecule has 6 heteroatoms. The molecule has 196 valence electrons. The molecule has 0 spiro atoms. The number of hydrogen-bond acceptors (Lipinski definition) is 4. The highest BCUT2D eigenvalue weighted by molar-refractivity contribution is 5.89. The predicted molar refractivity (Wildman–Crippen MR) is 147 cm³/mol. The van der Waals surface area contributed by atoms with Crippen molar-refractivity contribution in [3.05, 3.63) is 95.1 Å². The van der Waals surface area contributed by atoms with Gasteiger partial charge < -0.3 is 19.7 Å². The SMILES string of the molecule is COc1cccc(CN(C(=O)COc2cccc(C)c2C)[C@@H](Cc2ccccc2)C(=O)NC(C)(C)C)c1. The minimum atomic E-state index is -0.734. The van der Waals surface area contributed by atoms with Gasteiger partial charge in [-0.3, -0.25) is 9.59 Å². The van der Waals surface area contributed by atoms with Crippen LogP contribution in [0, 0.1) is 13.8 Å². The van der Waals surface area contributed by atoms with E-state index in [1.807, 2.05) is 107 Å². The van der Waals surface area contributed by atoms with Crippen molar-refractivity contribution in [1.82, 2.24) is 10.2 Å². The van der Waals surface area contributed by atoms with Gasteiger partial charge in [-0.15, -0.1) is 0 Å². The first-order chi connectivity index (χ1) is 17.6. The van der Waals surface area contributed by atoms with E-state index in [4.69, 9.17) is 9.47 Å². The Morgan fingerprint density at radius 1 is 0.919 bits per heavy atom. The molecule has 0 aliphatic heterocycles. The predicted octanol–water partition coefficient (Wildman–Crippen LogP) is 5.25. The van der Waals surface area contributed by atoms with Crippen molar-refractivity contribution in [2.45, 2.75) is 59.2 Å². The van der Waals surface area contributed by atoms with Crippen LogP contribution in [0.15, 0.2) is 72.8 Å². The van der Waals surface area contributed by atoms with E-state index in [0.717, 1.165) is 22.3 Å². The third-order valence-electron chi connectivity index (χ3n) is 6.16. The number of benzene rings is 3. The van der Waals surface area contributed by atoms with E-state index < -0.39 is 11.6 Å². The number of amides is 2. The highest BCUT2D eigenvalue weighted by Gasteiger charge is 2.32. The first kappa shape index (κ1) is 27.8. The summed E-state index contributed by atoms with van der Waals surface area (Å²) in [5, 5.41) is 3.08. The minimum Gasteiger partial charge on any atom is -0.497 e. The lowest BCUT2D eigenvalue weighted by molar-refractivity contribution is -0.143. The minimum absolute atomic E-state index is 0.178. The molecule has 0 saturated heterocycles. The van der Waals surface area contributed by atoms with Gasteiger partial charge in [0.05, 0.1) is 7.11 Å². The maximum absolute atomic E-state index is 13.8. The van der Waals surface area contributed by atoms with E-state index in [0.29, 0.717) is 17.9 Å². The lowest BCUT2D eigenvalue weighted by Gasteiger charge is -2.34. The van der Waals surface area contributed by atoms with Gasteiger partial charge in [0.25, 0.3) is 5.91 Å². The van der Waals surface area contributed by atoms with Crippen molar-refractivity contribution < 1.29 is 19.1 Å². The summed E-state index contributed by atoms with van der Waals surface area (Å²) in [6, 6.07) is 22.3. The molecule has 0 fully saturated rings. The Morgan fingerprint density at radius 2 is 1.59 bits per heavy atom. The fraction of sp³-hybridized carbons (Fsp3) is 0.355. The largest absolute Gasteiger partial charge is 0.497 e. The van der Waals surface area contributed by atoms with Gasteiger partial charge in [-0.25, -0.2) is 0 Å².